The molecule has 5 nitrogen and oxygen atoms in total. The third kappa shape index (κ3) is 4.88. The summed E-state index contributed by atoms with van der Waals surface area (Å²) < 4.78 is 54.0. The Labute approximate surface area is 199 Å². The Kier molecular flexibility index (Phi) is 6.45. The van der Waals surface area contributed by atoms with Gasteiger partial charge < -0.3 is 15.7 Å². The lowest BCUT2D eigenvalue weighted by molar-refractivity contribution is -0.194. The fourth-order valence-electron chi connectivity index (χ4n) is 4.48. The number of aliphatic hydroxyl groups is 1. The van der Waals surface area contributed by atoms with Crippen LogP contribution >= 0.6 is 27.5 Å². The minimum Gasteiger partial charge on any atom is -0.393 e. The predicted molar refractivity (Wildman–Crippen MR) is 116 cm³/mol. The number of amides is 2. The summed E-state index contributed by atoms with van der Waals surface area (Å²) in [5.74, 6) is -4.61. The number of carbonyl (C=O) groups is 2. The molecule has 2 amide bonds. The van der Waals surface area contributed by atoms with Gasteiger partial charge in [-0.15, -0.1) is 0 Å². The second-order valence-electron chi connectivity index (χ2n) is 8.27. The zero-order valence-corrected chi connectivity index (χ0v) is 19.2. The molecular formula is C22H18BrClF4N2O3. The van der Waals surface area contributed by atoms with E-state index < -0.39 is 60.6 Å². The first-order valence-electron chi connectivity index (χ1n) is 10.1. The molecule has 11 heteroatoms. The molecule has 1 saturated carbocycles. The molecule has 2 aliphatic rings. The summed E-state index contributed by atoms with van der Waals surface area (Å²) in [5, 5.41) is 15.4. The van der Waals surface area contributed by atoms with Gasteiger partial charge in [-0.3, -0.25) is 9.59 Å². The molecule has 0 saturated heterocycles. The Hall–Kier alpha value is -2.17. The van der Waals surface area contributed by atoms with Crippen LogP contribution in [0.3, 0.4) is 0 Å². The number of alkyl halides is 3. The average Bonchev–Trinajstić information content (AvgIpc) is 3.05. The van der Waals surface area contributed by atoms with Crippen LogP contribution in [0.25, 0.3) is 0 Å². The lowest BCUT2D eigenvalue weighted by Crippen LogP contribution is -2.39. The van der Waals surface area contributed by atoms with Crippen molar-refractivity contribution in [1.29, 1.82) is 0 Å². The van der Waals surface area contributed by atoms with E-state index in [0.29, 0.717) is 10.0 Å². The van der Waals surface area contributed by atoms with Crippen molar-refractivity contribution in [3.8, 4) is 0 Å². The number of hydrogen-bond donors (Lipinski definition) is 3. The van der Waals surface area contributed by atoms with Crippen LogP contribution in [-0.2, 0) is 4.79 Å². The maximum atomic E-state index is 13.9. The van der Waals surface area contributed by atoms with Crippen molar-refractivity contribution in [2.24, 2.45) is 11.8 Å². The Bertz CT molecular complexity index is 1130. The van der Waals surface area contributed by atoms with Gasteiger partial charge in [0.05, 0.1) is 18.1 Å². The van der Waals surface area contributed by atoms with E-state index in [1.165, 1.54) is 30.3 Å². The smallest absolute Gasteiger partial charge is 0.391 e. The number of benzene rings is 2. The van der Waals surface area contributed by atoms with E-state index in [4.69, 9.17) is 11.6 Å². The molecule has 1 unspecified atom stereocenters. The van der Waals surface area contributed by atoms with E-state index in [2.05, 4.69) is 26.6 Å². The number of halogens is 6. The second-order valence-corrected chi connectivity index (χ2v) is 9.60. The van der Waals surface area contributed by atoms with Gasteiger partial charge in [-0.05, 0) is 49.6 Å². The number of rotatable bonds is 3. The van der Waals surface area contributed by atoms with Crippen LogP contribution in [0.5, 0.6) is 0 Å². The molecule has 0 spiro atoms. The van der Waals surface area contributed by atoms with Gasteiger partial charge in [0.1, 0.15) is 5.82 Å². The van der Waals surface area contributed by atoms with Gasteiger partial charge in [0.2, 0.25) is 5.91 Å². The van der Waals surface area contributed by atoms with Crippen LogP contribution in [0.1, 0.15) is 46.8 Å². The molecule has 0 bridgehead atoms. The number of hydrogen-bond acceptors (Lipinski definition) is 3. The first kappa shape index (κ1) is 24.0. The lowest BCUT2D eigenvalue weighted by Gasteiger charge is -2.33. The first-order valence-corrected chi connectivity index (χ1v) is 11.3. The van der Waals surface area contributed by atoms with Crippen molar-refractivity contribution in [3.63, 3.8) is 0 Å². The summed E-state index contributed by atoms with van der Waals surface area (Å²) in [4.78, 5) is 25.5. The normalized spacial score (nSPS) is 24.9. The fraction of sp³-hybridized carbons (Fsp3) is 0.364. The van der Waals surface area contributed by atoms with Gasteiger partial charge >= 0.3 is 6.18 Å². The molecule has 4 atom stereocenters. The quantitative estimate of drug-likeness (QED) is 0.452. The van der Waals surface area contributed by atoms with Gasteiger partial charge in [-0.1, -0.05) is 27.5 Å². The number of nitrogens with one attached hydrogen (secondary N) is 2. The van der Waals surface area contributed by atoms with E-state index in [1.54, 1.807) is 0 Å². The van der Waals surface area contributed by atoms with Crippen molar-refractivity contribution >= 4 is 45.0 Å². The van der Waals surface area contributed by atoms with Gasteiger partial charge in [0.15, 0.2) is 0 Å². The zero-order chi connectivity index (χ0) is 24.1. The van der Waals surface area contributed by atoms with E-state index in [-0.39, 0.29) is 28.3 Å². The van der Waals surface area contributed by atoms with Gasteiger partial charge in [-0.25, -0.2) is 4.39 Å². The largest absolute Gasteiger partial charge is 0.393 e. The highest BCUT2D eigenvalue weighted by molar-refractivity contribution is 9.10. The molecule has 2 aromatic carbocycles. The molecule has 1 aliphatic heterocycles. The standard InChI is InChI=1S/C22H18BrClF4N2O3/c23-11-6-15-18(19(30-21(15)33)14-8-12(25)1-2-16(14)24)17(7-11)29-20(32)9-3-10(22(26,27)28)5-13(31)4-9/h1-2,6-10,13,19,31H,3-5H2,(H,29,32)(H,30,33)/t9-,10+,13+,19?/m1/s1. The van der Waals surface area contributed by atoms with Crippen LogP contribution in [0, 0.1) is 17.7 Å². The van der Waals surface area contributed by atoms with E-state index in [9.17, 15) is 32.3 Å². The van der Waals surface area contributed by atoms with Crippen molar-refractivity contribution < 1.29 is 32.3 Å². The summed E-state index contributed by atoms with van der Waals surface area (Å²) in [5.41, 5.74) is 0.984. The van der Waals surface area contributed by atoms with Gasteiger partial charge in [0.25, 0.3) is 5.91 Å². The van der Waals surface area contributed by atoms with Gasteiger partial charge in [-0.2, -0.15) is 13.2 Å². The molecule has 1 aliphatic carbocycles. The second kappa shape index (κ2) is 8.88. The monoisotopic (exact) mass is 548 g/mol. The number of aliphatic hydroxyl groups excluding tert-OH is 1. The Morgan fingerprint density at radius 1 is 1.18 bits per heavy atom. The third-order valence-electron chi connectivity index (χ3n) is 6.00. The van der Waals surface area contributed by atoms with Crippen molar-refractivity contribution in [2.75, 3.05) is 5.32 Å². The Morgan fingerprint density at radius 2 is 1.91 bits per heavy atom. The third-order valence-corrected chi connectivity index (χ3v) is 6.80. The van der Waals surface area contributed by atoms with Crippen LogP contribution in [-0.4, -0.2) is 29.2 Å². The molecule has 3 N–H and O–H groups in total. The van der Waals surface area contributed by atoms with E-state index in [1.807, 2.05) is 0 Å². The number of carbonyl (C=O) groups excluding carboxylic acids is 2. The summed E-state index contributed by atoms with van der Waals surface area (Å²) in [7, 11) is 0. The lowest BCUT2D eigenvalue weighted by atomic mass is 9.79. The van der Waals surface area contributed by atoms with Gasteiger partial charge in [0, 0.05) is 37.8 Å². The molecule has 0 aromatic heterocycles. The van der Waals surface area contributed by atoms with Crippen LogP contribution in [0.4, 0.5) is 23.2 Å². The topological polar surface area (TPSA) is 78.4 Å². The van der Waals surface area contributed by atoms with Crippen molar-refractivity contribution in [1.82, 2.24) is 5.32 Å². The van der Waals surface area contributed by atoms with Crippen LogP contribution in [0.2, 0.25) is 5.02 Å². The molecule has 1 fully saturated rings. The summed E-state index contributed by atoms with van der Waals surface area (Å²) in [6, 6.07) is 5.84. The fourth-order valence-corrected chi connectivity index (χ4v) is 5.16. The highest BCUT2D eigenvalue weighted by Gasteiger charge is 2.46. The van der Waals surface area contributed by atoms with Crippen molar-refractivity contribution in [3.05, 3.63) is 62.3 Å². The zero-order valence-electron chi connectivity index (χ0n) is 16.8. The highest BCUT2D eigenvalue weighted by atomic mass is 79.9. The van der Waals surface area contributed by atoms with Crippen LogP contribution in [0.15, 0.2) is 34.8 Å². The van der Waals surface area contributed by atoms with Crippen LogP contribution < -0.4 is 10.6 Å². The van der Waals surface area contributed by atoms with E-state index >= 15 is 0 Å². The minimum atomic E-state index is -4.52. The maximum absolute atomic E-state index is 13.9. The number of anilines is 1. The molecule has 4 rings (SSSR count). The highest BCUT2D eigenvalue weighted by Crippen LogP contribution is 2.43. The average molecular weight is 550 g/mol. The summed E-state index contributed by atoms with van der Waals surface area (Å²) >= 11 is 9.50. The SMILES string of the molecule is O=C1NC(c2cc(F)ccc2Cl)c2c(NC(=O)[C@H]3C[C@H](O)C[C@@H](C(F)(F)F)C3)cc(Br)cc21. The number of fused-ring (bicyclic) bond motifs is 1. The summed E-state index contributed by atoms with van der Waals surface area (Å²) in [6.07, 6.45) is -6.77. The first-order chi connectivity index (χ1) is 15.4. The molecule has 176 valence electrons. The molecular weight excluding hydrogens is 532 g/mol. The maximum Gasteiger partial charge on any atom is 0.391 e. The molecule has 0 radical (unpaired) electrons. The predicted octanol–water partition coefficient (Wildman–Crippen LogP) is 5.35. The molecule has 1 heterocycles. The minimum absolute atomic E-state index is 0.106. The molecule has 33 heavy (non-hydrogen) atoms. The Morgan fingerprint density at radius 3 is 2.61 bits per heavy atom. The molecule has 2 aromatic rings. The summed E-state index contributed by atoms with van der Waals surface area (Å²) in [6.45, 7) is 0. The Balaban J connectivity index is 1.68. The van der Waals surface area contributed by atoms with Crippen molar-refractivity contribution in [2.45, 2.75) is 37.6 Å². The van der Waals surface area contributed by atoms with E-state index in [0.717, 1.165) is 0 Å².